The smallest absolute Gasteiger partial charge is 0.189 e. The lowest BCUT2D eigenvalue weighted by Gasteiger charge is -2.27. The van der Waals surface area contributed by atoms with E-state index in [9.17, 15) is 4.39 Å². The number of benzene rings is 2. The number of nitrogens with zero attached hydrogens (tertiary/aromatic N) is 1. The summed E-state index contributed by atoms with van der Waals surface area (Å²) in [5.74, 6) is 1.57. The SMILES string of the molecule is CC(CN=C(N)NC1CCOc2ccccc21)Oc1ccc(F)cc1. The van der Waals surface area contributed by atoms with Crippen LogP contribution in [0, 0.1) is 5.82 Å². The van der Waals surface area contributed by atoms with Crippen molar-refractivity contribution in [1.29, 1.82) is 0 Å². The Kier molecular flexibility index (Phi) is 5.38. The lowest BCUT2D eigenvalue weighted by molar-refractivity contribution is 0.229. The van der Waals surface area contributed by atoms with E-state index in [0.29, 0.717) is 24.9 Å². The maximum atomic E-state index is 12.9. The second-order valence-electron chi connectivity index (χ2n) is 5.98. The molecule has 0 aromatic heterocycles. The van der Waals surface area contributed by atoms with Gasteiger partial charge < -0.3 is 20.5 Å². The Balaban J connectivity index is 1.54. The van der Waals surface area contributed by atoms with Crippen molar-refractivity contribution < 1.29 is 13.9 Å². The summed E-state index contributed by atoms with van der Waals surface area (Å²) < 4.78 is 24.2. The number of nitrogens with two attached hydrogens (primary N) is 1. The van der Waals surface area contributed by atoms with Gasteiger partial charge in [0, 0.05) is 12.0 Å². The molecule has 0 spiro atoms. The summed E-state index contributed by atoms with van der Waals surface area (Å²) in [7, 11) is 0. The van der Waals surface area contributed by atoms with E-state index in [2.05, 4.69) is 10.3 Å². The molecule has 1 heterocycles. The van der Waals surface area contributed by atoms with E-state index >= 15 is 0 Å². The van der Waals surface area contributed by atoms with Crippen LogP contribution < -0.4 is 20.5 Å². The first-order valence-electron chi connectivity index (χ1n) is 8.32. The quantitative estimate of drug-likeness (QED) is 0.647. The zero-order valence-electron chi connectivity index (χ0n) is 14.1. The van der Waals surface area contributed by atoms with Crippen LogP contribution in [0.1, 0.15) is 24.9 Å². The predicted octanol–water partition coefficient (Wildman–Crippen LogP) is 3.02. The van der Waals surface area contributed by atoms with E-state index in [1.165, 1.54) is 12.1 Å². The van der Waals surface area contributed by atoms with Gasteiger partial charge in [-0.25, -0.2) is 9.38 Å². The molecule has 2 aromatic carbocycles. The fourth-order valence-electron chi connectivity index (χ4n) is 2.73. The molecule has 0 amide bonds. The summed E-state index contributed by atoms with van der Waals surface area (Å²) in [6, 6.07) is 13.9. The summed E-state index contributed by atoms with van der Waals surface area (Å²) in [6.07, 6.45) is 0.655. The van der Waals surface area contributed by atoms with Gasteiger partial charge in [0.25, 0.3) is 0 Å². The molecule has 0 aliphatic carbocycles. The number of halogens is 1. The highest BCUT2D eigenvalue weighted by atomic mass is 19.1. The number of hydrogen-bond donors (Lipinski definition) is 2. The average Bonchev–Trinajstić information content (AvgIpc) is 2.62. The zero-order valence-corrected chi connectivity index (χ0v) is 14.1. The highest BCUT2D eigenvalue weighted by molar-refractivity contribution is 5.78. The topological polar surface area (TPSA) is 68.9 Å². The molecule has 2 atom stereocenters. The van der Waals surface area contributed by atoms with E-state index in [4.69, 9.17) is 15.2 Å². The van der Waals surface area contributed by atoms with Crippen LogP contribution in [0.25, 0.3) is 0 Å². The number of guanidine groups is 1. The Bertz CT molecular complexity index is 734. The maximum Gasteiger partial charge on any atom is 0.189 e. The molecule has 5 nitrogen and oxygen atoms in total. The molecule has 2 aromatic rings. The molecule has 0 fully saturated rings. The Hall–Kier alpha value is -2.76. The van der Waals surface area contributed by atoms with Gasteiger partial charge in [-0.3, -0.25) is 0 Å². The molecule has 0 saturated carbocycles. The van der Waals surface area contributed by atoms with Crippen molar-refractivity contribution in [3.05, 3.63) is 59.9 Å². The fraction of sp³-hybridized carbons (Fsp3) is 0.316. The normalized spacial score (nSPS) is 18.0. The minimum atomic E-state index is -0.289. The number of rotatable bonds is 5. The summed E-state index contributed by atoms with van der Waals surface area (Å²) in [4.78, 5) is 4.35. The van der Waals surface area contributed by atoms with Crippen LogP contribution in [-0.2, 0) is 0 Å². The number of ether oxygens (including phenoxy) is 2. The van der Waals surface area contributed by atoms with Crippen molar-refractivity contribution in [2.75, 3.05) is 13.2 Å². The van der Waals surface area contributed by atoms with Gasteiger partial charge in [0.1, 0.15) is 23.4 Å². The van der Waals surface area contributed by atoms with E-state index in [1.807, 2.05) is 31.2 Å². The van der Waals surface area contributed by atoms with Gasteiger partial charge >= 0.3 is 0 Å². The highest BCUT2D eigenvalue weighted by Crippen LogP contribution is 2.31. The van der Waals surface area contributed by atoms with E-state index in [1.54, 1.807) is 12.1 Å². The van der Waals surface area contributed by atoms with Crippen LogP contribution in [0.4, 0.5) is 4.39 Å². The van der Waals surface area contributed by atoms with Gasteiger partial charge in [0.05, 0.1) is 19.2 Å². The second kappa shape index (κ2) is 7.88. The second-order valence-corrected chi connectivity index (χ2v) is 5.98. The summed E-state index contributed by atoms with van der Waals surface area (Å²) in [6.45, 7) is 2.94. The lowest BCUT2D eigenvalue weighted by Crippen LogP contribution is -2.38. The standard InChI is InChI=1S/C19H22FN3O2/c1-13(25-15-8-6-14(20)7-9-15)12-22-19(21)23-17-10-11-24-18-5-3-2-4-16(17)18/h2-9,13,17H,10-12H2,1H3,(H3,21,22,23). The third-order valence-corrected chi connectivity index (χ3v) is 3.95. The van der Waals surface area contributed by atoms with Gasteiger partial charge in [-0.2, -0.15) is 0 Å². The first-order valence-corrected chi connectivity index (χ1v) is 8.32. The maximum absolute atomic E-state index is 12.9. The number of para-hydroxylation sites is 1. The van der Waals surface area contributed by atoms with E-state index < -0.39 is 0 Å². The van der Waals surface area contributed by atoms with Gasteiger partial charge in [-0.05, 0) is 37.3 Å². The first kappa shape index (κ1) is 17.1. The molecule has 6 heteroatoms. The van der Waals surface area contributed by atoms with Crippen molar-refractivity contribution in [3.8, 4) is 11.5 Å². The number of hydrogen-bond acceptors (Lipinski definition) is 3. The van der Waals surface area contributed by atoms with Gasteiger partial charge in [0.2, 0.25) is 0 Å². The molecule has 0 bridgehead atoms. The summed E-state index contributed by atoms with van der Waals surface area (Å²) in [5, 5.41) is 3.24. The van der Waals surface area contributed by atoms with Crippen LogP contribution in [0.5, 0.6) is 11.5 Å². The molecule has 25 heavy (non-hydrogen) atoms. The van der Waals surface area contributed by atoms with Crippen molar-refractivity contribution in [3.63, 3.8) is 0 Å². The molecule has 0 radical (unpaired) electrons. The molecule has 1 aliphatic rings. The monoisotopic (exact) mass is 343 g/mol. The number of aliphatic imine (C=N–C) groups is 1. The van der Waals surface area contributed by atoms with Crippen LogP contribution in [0.2, 0.25) is 0 Å². The third kappa shape index (κ3) is 4.62. The van der Waals surface area contributed by atoms with Gasteiger partial charge in [-0.15, -0.1) is 0 Å². The number of fused-ring (bicyclic) bond motifs is 1. The Morgan fingerprint density at radius 2 is 2.08 bits per heavy atom. The molecular weight excluding hydrogens is 321 g/mol. The largest absolute Gasteiger partial charge is 0.493 e. The van der Waals surface area contributed by atoms with Crippen LogP contribution in [0.15, 0.2) is 53.5 Å². The van der Waals surface area contributed by atoms with Crippen molar-refractivity contribution in [2.24, 2.45) is 10.7 Å². The highest BCUT2D eigenvalue weighted by Gasteiger charge is 2.21. The Morgan fingerprint density at radius 3 is 2.88 bits per heavy atom. The minimum Gasteiger partial charge on any atom is -0.493 e. The fourth-order valence-corrected chi connectivity index (χ4v) is 2.73. The molecule has 2 unspecified atom stereocenters. The van der Waals surface area contributed by atoms with Gasteiger partial charge in [0.15, 0.2) is 5.96 Å². The summed E-state index contributed by atoms with van der Waals surface area (Å²) >= 11 is 0. The summed E-state index contributed by atoms with van der Waals surface area (Å²) in [5.41, 5.74) is 7.10. The predicted molar refractivity (Wildman–Crippen MR) is 95.4 cm³/mol. The van der Waals surface area contributed by atoms with Gasteiger partial charge in [-0.1, -0.05) is 18.2 Å². The third-order valence-electron chi connectivity index (χ3n) is 3.95. The van der Waals surface area contributed by atoms with Crippen molar-refractivity contribution in [1.82, 2.24) is 5.32 Å². The molecule has 1 aliphatic heterocycles. The lowest BCUT2D eigenvalue weighted by atomic mass is 10.0. The van der Waals surface area contributed by atoms with Crippen LogP contribution in [-0.4, -0.2) is 25.2 Å². The number of nitrogens with one attached hydrogen (secondary N) is 1. The first-order chi connectivity index (χ1) is 12.1. The average molecular weight is 343 g/mol. The minimum absolute atomic E-state index is 0.0852. The molecule has 132 valence electrons. The molecule has 3 rings (SSSR count). The Labute approximate surface area is 146 Å². The molecular formula is C19H22FN3O2. The molecule has 3 N–H and O–H groups in total. The van der Waals surface area contributed by atoms with Crippen LogP contribution >= 0.6 is 0 Å². The zero-order chi connectivity index (χ0) is 17.6. The van der Waals surface area contributed by atoms with Crippen molar-refractivity contribution in [2.45, 2.75) is 25.5 Å². The van der Waals surface area contributed by atoms with E-state index in [0.717, 1.165) is 17.7 Å². The Morgan fingerprint density at radius 1 is 1.32 bits per heavy atom. The van der Waals surface area contributed by atoms with E-state index in [-0.39, 0.29) is 18.0 Å². The van der Waals surface area contributed by atoms with Crippen molar-refractivity contribution >= 4 is 5.96 Å². The van der Waals surface area contributed by atoms with Crippen LogP contribution in [0.3, 0.4) is 0 Å². The molecule has 0 saturated heterocycles.